The van der Waals surface area contributed by atoms with Crippen LogP contribution in [-0.2, 0) is 0 Å². The molecule has 1 aromatic carbocycles. The number of anilines is 1. The van der Waals surface area contributed by atoms with Gasteiger partial charge in [0.25, 0.3) is 0 Å². The van der Waals surface area contributed by atoms with Crippen LogP contribution in [0.25, 0.3) is 0 Å². The van der Waals surface area contributed by atoms with Crippen molar-refractivity contribution < 1.29 is 4.39 Å². The molecule has 0 aliphatic heterocycles. The highest BCUT2D eigenvalue weighted by atomic mass is 35.5. The molecule has 0 bridgehead atoms. The zero-order valence-corrected chi connectivity index (χ0v) is 8.65. The van der Waals surface area contributed by atoms with E-state index in [9.17, 15) is 4.39 Å². The molecule has 1 aromatic rings. The molecule has 0 amide bonds. The van der Waals surface area contributed by atoms with Gasteiger partial charge < -0.3 is 5.32 Å². The third kappa shape index (κ3) is 2.61. The maximum atomic E-state index is 13.0. The number of halogens is 2. The number of nitrogens with one attached hydrogen (secondary N) is 1. The van der Waals surface area contributed by atoms with Gasteiger partial charge in [-0.2, -0.15) is 0 Å². The average molecular weight is 214 g/mol. The molecule has 1 fully saturated rings. The number of benzene rings is 1. The minimum atomic E-state index is -0.358. The molecular weight excluding hydrogens is 201 g/mol. The lowest BCUT2D eigenvalue weighted by Gasteiger charge is -2.05. The third-order valence-corrected chi connectivity index (χ3v) is 2.80. The summed E-state index contributed by atoms with van der Waals surface area (Å²) in [4.78, 5) is 0. The van der Waals surface area contributed by atoms with Crippen LogP contribution in [0.15, 0.2) is 18.2 Å². The SMILES string of the molecule is Fc1cc(NCCC2CC2)ccc1Cl. The van der Waals surface area contributed by atoms with Crippen molar-refractivity contribution in [3.63, 3.8) is 0 Å². The lowest BCUT2D eigenvalue weighted by molar-refractivity contribution is 0.628. The topological polar surface area (TPSA) is 12.0 Å². The third-order valence-electron chi connectivity index (χ3n) is 2.50. The van der Waals surface area contributed by atoms with E-state index in [0.29, 0.717) is 0 Å². The van der Waals surface area contributed by atoms with Gasteiger partial charge in [0.15, 0.2) is 0 Å². The highest BCUT2D eigenvalue weighted by Crippen LogP contribution is 2.32. The number of hydrogen-bond donors (Lipinski definition) is 1. The highest BCUT2D eigenvalue weighted by Gasteiger charge is 2.20. The molecular formula is C11H13ClFN. The summed E-state index contributed by atoms with van der Waals surface area (Å²) in [6.07, 6.45) is 3.90. The molecule has 1 nitrogen and oxygen atoms in total. The summed E-state index contributed by atoms with van der Waals surface area (Å²) < 4.78 is 13.0. The van der Waals surface area contributed by atoms with E-state index in [-0.39, 0.29) is 10.8 Å². The Morgan fingerprint density at radius 1 is 1.43 bits per heavy atom. The first kappa shape index (κ1) is 9.78. The molecule has 76 valence electrons. The van der Waals surface area contributed by atoms with Gasteiger partial charge in [-0.15, -0.1) is 0 Å². The quantitative estimate of drug-likeness (QED) is 0.805. The van der Waals surface area contributed by atoms with Crippen LogP contribution in [0, 0.1) is 11.7 Å². The van der Waals surface area contributed by atoms with E-state index in [0.717, 1.165) is 18.2 Å². The molecule has 0 radical (unpaired) electrons. The van der Waals surface area contributed by atoms with Crippen molar-refractivity contribution in [1.29, 1.82) is 0 Å². The molecule has 0 saturated heterocycles. The average Bonchev–Trinajstić information content (AvgIpc) is 2.95. The van der Waals surface area contributed by atoms with Gasteiger partial charge in [-0.05, 0) is 30.5 Å². The molecule has 0 unspecified atom stereocenters. The second kappa shape index (κ2) is 4.18. The van der Waals surface area contributed by atoms with Crippen LogP contribution in [0.2, 0.25) is 5.02 Å². The molecule has 1 saturated carbocycles. The molecule has 2 rings (SSSR count). The van der Waals surface area contributed by atoms with Gasteiger partial charge in [-0.3, -0.25) is 0 Å². The first-order valence-electron chi connectivity index (χ1n) is 4.94. The molecule has 0 aromatic heterocycles. The molecule has 1 aliphatic carbocycles. The van der Waals surface area contributed by atoms with E-state index in [4.69, 9.17) is 11.6 Å². The van der Waals surface area contributed by atoms with Crippen molar-refractivity contribution in [3.8, 4) is 0 Å². The predicted molar refractivity (Wildman–Crippen MR) is 57.2 cm³/mol. The lowest BCUT2D eigenvalue weighted by atomic mass is 10.2. The summed E-state index contributed by atoms with van der Waals surface area (Å²) in [5.41, 5.74) is 0.813. The van der Waals surface area contributed by atoms with Gasteiger partial charge in [0.05, 0.1) is 5.02 Å². The first-order valence-corrected chi connectivity index (χ1v) is 5.32. The highest BCUT2D eigenvalue weighted by molar-refractivity contribution is 6.30. The Bertz CT molecular complexity index is 323. The van der Waals surface area contributed by atoms with E-state index in [1.54, 1.807) is 12.1 Å². The molecule has 1 aliphatic rings. The van der Waals surface area contributed by atoms with E-state index in [2.05, 4.69) is 5.32 Å². The number of rotatable bonds is 4. The maximum Gasteiger partial charge on any atom is 0.143 e. The molecule has 0 heterocycles. The van der Waals surface area contributed by atoms with Gasteiger partial charge in [-0.1, -0.05) is 24.4 Å². The molecule has 14 heavy (non-hydrogen) atoms. The van der Waals surface area contributed by atoms with E-state index >= 15 is 0 Å². The fourth-order valence-electron chi connectivity index (χ4n) is 1.43. The zero-order valence-electron chi connectivity index (χ0n) is 7.89. The van der Waals surface area contributed by atoms with Crippen LogP contribution in [-0.4, -0.2) is 6.54 Å². The fourth-order valence-corrected chi connectivity index (χ4v) is 1.55. The summed E-state index contributed by atoms with van der Waals surface area (Å²) in [6.45, 7) is 0.922. The normalized spacial score (nSPS) is 15.6. The van der Waals surface area contributed by atoms with Crippen LogP contribution in [0.1, 0.15) is 19.3 Å². The van der Waals surface area contributed by atoms with Crippen LogP contribution < -0.4 is 5.32 Å². The second-order valence-electron chi connectivity index (χ2n) is 3.79. The van der Waals surface area contributed by atoms with E-state index in [1.807, 2.05) is 0 Å². The summed E-state index contributed by atoms with van der Waals surface area (Å²) in [5, 5.41) is 3.36. The smallest absolute Gasteiger partial charge is 0.143 e. The second-order valence-corrected chi connectivity index (χ2v) is 4.19. The van der Waals surface area contributed by atoms with Crippen molar-refractivity contribution >= 4 is 17.3 Å². The van der Waals surface area contributed by atoms with Gasteiger partial charge in [0.1, 0.15) is 5.82 Å². The Kier molecular flexibility index (Phi) is 2.92. The molecule has 0 atom stereocenters. The van der Waals surface area contributed by atoms with Gasteiger partial charge in [0.2, 0.25) is 0 Å². The van der Waals surface area contributed by atoms with E-state index in [1.165, 1.54) is 25.3 Å². The van der Waals surface area contributed by atoms with Crippen LogP contribution in [0.4, 0.5) is 10.1 Å². The summed E-state index contributed by atoms with van der Waals surface area (Å²) in [6, 6.07) is 4.82. The Hall–Kier alpha value is -0.760. The van der Waals surface area contributed by atoms with Crippen molar-refractivity contribution in [2.24, 2.45) is 5.92 Å². The Morgan fingerprint density at radius 3 is 2.86 bits per heavy atom. The minimum absolute atomic E-state index is 0.178. The van der Waals surface area contributed by atoms with Gasteiger partial charge >= 0.3 is 0 Å². The monoisotopic (exact) mass is 213 g/mol. The molecule has 1 N–H and O–H groups in total. The Balaban J connectivity index is 1.85. The van der Waals surface area contributed by atoms with Crippen molar-refractivity contribution in [2.75, 3.05) is 11.9 Å². The molecule has 3 heteroatoms. The van der Waals surface area contributed by atoms with Crippen molar-refractivity contribution in [3.05, 3.63) is 29.0 Å². The predicted octanol–water partition coefficient (Wildman–Crippen LogP) is 3.69. The molecule has 0 spiro atoms. The van der Waals surface area contributed by atoms with Gasteiger partial charge in [0, 0.05) is 12.2 Å². The standard InChI is InChI=1S/C11H13ClFN/c12-10-4-3-9(7-11(10)13)14-6-5-8-1-2-8/h3-4,7-8,14H,1-2,5-6H2. The fraction of sp³-hybridized carbons (Fsp3) is 0.455. The lowest BCUT2D eigenvalue weighted by Crippen LogP contribution is -2.02. The summed E-state index contributed by atoms with van der Waals surface area (Å²) in [7, 11) is 0. The summed E-state index contributed by atoms with van der Waals surface area (Å²) in [5.74, 6) is 0.544. The largest absolute Gasteiger partial charge is 0.385 e. The van der Waals surface area contributed by atoms with Crippen molar-refractivity contribution in [2.45, 2.75) is 19.3 Å². The van der Waals surface area contributed by atoms with Gasteiger partial charge in [-0.25, -0.2) is 4.39 Å². The number of hydrogen-bond acceptors (Lipinski definition) is 1. The maximum absolute atomic E-state index is 13.0. The summed E-state index contributed by atoms with van der Waals surface area (Å²) >= 11 is 5.57. The van der Waals surface area contributed by atoms with Crippen LogP contribution >= 0.6 is 11.6 Å². The van der Waals surface area contributed by atoms with Crippen LogP contribution in [0.3, 0.4) is 0 Å². The van der Waals surface area contributed by atoms with Crippen LogP contribution in [0.5, 0.6) is 0 Å². The van der Waals surface area contributed by atoms with E-state index < -0.39 is 0 Å². The van der Waals surface area contributed by atoms with Crippen molar-refractivity contribution in [1.82, 2.24) is 0 Å². The minimum Gasteiger partial charge on any atom is -0.385 e. The Labute approximate surface area is 88.3 Å². The first-order chi connectivity index (χ1) is 6.75. The zero-order chi connectivity index (χ0) is 9.97. The Morgan fingerprint density at radius 2 is 2.21 bits per heavy atom.